The summed E-state index contributed by atoms with van der Waals surface area (Å²) in [5.74, 6) is 0. The first-order chi connectivity index (χ1) is 9.56. The molecule has 1 aromatic heterocycles. The van der Waals surface area contributed by atoms with E-state index in [-0.39, 0.29) is 6.04 Å². The molecule has 2 rings (SSSR count). The molecule has 1 unspecified atom stereocenters. The van der Waals surface area contributed by atoms with Gasteiger partial charge in [0.1, 0.15) is 0 Å². The summed E-state index contributed by atoms with van der Waals surface area (Å²) in [6.07, 6.45) is 1.05. The Hall–Kier alpha value is -0.910. The summed E-state index contributed by atoms with van der Waals surface area (Å²) in [7, 11) is 1.90. The van der Waals surface area contributed by atoms with Gasteiger partial charge in [-0.05, 0) is 53.0 Å². The van der Waals surface area contributed by atoms with Crippen LogP contribution in [0.4, 0.5) is 0 Å². The molecule has 0 amide bonds. The Bertz CT molecular complexity index is 577. The number of hydrogen-bond donors (Lipinski definition) is 1. The zero-order valence-corrected chi connectivity index (χ0v) is 14.2. The van der Waals surface area contributed by atoms with Crippen LogP contribution >= 0.6 is 27.5 Å². The Balaban J connectivity index is 2.50. The first-order valence-corrected chi connectivity index (χ1v) is 7.76. The predicted molar refractivity (Wildman–Crippen MR) is 85.0 cm³/mol. The van der Waals surface area contributed by atoms with E-state index in [4.69, 9.17) is 11.6 Å². The van der Waals surface area contributed by atoms with Crippen molar-refractivity contribution in [2.75, 3.05) is 6.54 Å². The quantitative estimate of drug-likeness (QED) is 0.888. The number of benzene rings is 1. The maximum atomic E-state index is 6.26. The monoisotopic (exact) mass is 356 g/mol. The molecule has 2 aromatic rings. The number of aryl methyl sites for hydroxylation is 1. The van der Waals surface area contributed by atoms with Gasteiger partial charge in [0.2, 0.25) is 0 Å². The smallest absolute Gasteiger partial charge is 0.153 e. The van der Waals surface area contributed by atoms with Crippen molar-refractivity contribution in [2.24, 2.45) is 7.05 Å². The maximum absolute atomic E-state index is 6.26. The van der Waals surface area contributed by atoms with Crippen LogP contribution in [-0.2, 0) is 7.05 Å². The minimum absolute atomic E-state index is 0.0167. The highest BCUT2D eigenvalue weighted by molar-refractivity contribution is 9.10. The van der Waals surface area contributed by atoms with E-state index >= 15 is 0 Å². The van der Waals surface area contributed by atoms with Gasteiger partial charge in [-0.2, -0.15) is 0 Å². The molecule has 0 radical (unpaired) electrons. The second kappa shape index (κ2) is 6.70. The second-order valence-corrected chi connectivity index (χ2v) is 5.89. The topological polar surface area (TPSA) is 42.7 Å². The molecule has 108 valence electrons. The van der Waals surface area contributed by atoms with Gasteiger partial charge in [-0.25, -0.2) is 4.68 Å². The first-order valence-electron chi connectivity index (χ1n) is 6.59. The van der Waals surface area contributed by atoms with Crippen molar-refractivity contribution in [3.8, 4) is 0 Å². The van der Waals surface area contributed by atoms with Gasteiger partial charge in [-0.15, -0.1) is 5.10 Å². The van der Waals surface area contributed by atoms with Gasteiger partial charge in [-0.3, -0.25) is 0 Å². The lowest BCUT2D eigenvalue weighted by Gasteiger charge is -2.21. The van der Waals surface area contributed by atoms with E-state index in [0.29, 0.717) is 0 Å². The molecule has 0 saturated carbocycles. The van der Waals surface area contributed by atoms with Gasteiger partial charge in [-0.1, -0.05) is 35.9 Å². The molecule has 1 aromatic carbocycles. The van der Waals surface area contributed by atoms with E-state index < -0.39 is 0 Å². The lowest BCUT2D eigenvalue weighted by atomic mass is 9.98. The number of rotatable bonds is 5. The maximum Gasteiger partial charge on any atom is 0.153 e. The van der Waals surface area contributed by atoms with Crippen LogP contribution in [0.3, 0.4) is 0 Å². The number of hydrogen-bond acceptors (Lipinski definition) is 3. The number of aromatic nitrogens is 3. The summed E-state index contributed by atoms with van der Waals surface area (Å²) < 4.78 is 2.55. The molecule has 0 aliphatic carbocycles. The van der Waals surface area contributed by atoms with E-state index in [0.717, 1.165) is 39.4 Å². The van der Waals surface area contributed by atoms with Gasteiger partial charge < -0.3 is 5.32 Å². The van der Waals surface area contributed by atoms with Crippen LogP contribution in [0.1, 0.15) is 36.2 Å². The lowest BCUT2D eigenvalue weighted by molar-refractivity contribution is 0.548. The summed E-state index contributed by atoms with van der Waals surface area (Å²) in [5.41, 5.74) is 3.23. The summed E-state index contributed by atoms with van der Waals surface area (Å²) in [5, 5.41) is 12.5. The van der Waals surface area contributed by atoms with Crippen LogP contribution < -0.4 is 5.32 Å². The fourth-order valence-electron chi connectivity index (χ4n) is 2.22. The molecule has 0 saturated heterocycles. The van der Waals surface area contributed by atoms with Gasteiger partial charge in [0.15, 0.2) is 4.60 Å². The largest absolute Gasteiger partial charge is 0.305 e. The van der Waals surface area contributed by atoms with Crippen LogP contribution in [-0.4, -0.2) is 21.5 Å². The van der Waals surface area contributed by atoms with Crippen molar-refractivity contribution in [1.29, 1.82) is 0 Å². The SMILES string of the molecule is CCCNC(c1cccc(Cl)c1C)c1c(Br)nnn1C. The molecule has 20 heavy (non-hydrogen) atoms. The highest BCUT2D eigenvalue weighted by Crippen LogP contribution is 2.31. The van der Waals surface area contributed by atoms with Crippen molar-refractivity contribution < 1.29 is 0 Å². The van der Waals surface area contributed by atoms with Gasteiger partial charge in [0, 0.05) is 12.1 Å². The van der Waals surface area contributed by atoms with Crippen molar-refractivity contribution >= 4 is 27.5 Å². The Labute approximate surface area is 132 Å². The Morgan fingerprint density at radius 1 is 1.45 bits per heavy atom. The molecular weight excluding hydrogens is 340 g/mol. The van der Waals surface area contributed by atoms with Crippen LogP contribution in [0.15, 0.2) is 22.8 Å². The van der Waals surface area contributed by atoms with Crippen LogP contribution in [0.2, 0.25) is 5.02 Å². The van der Waals surface area contributed by atoms with Gasteiger partial charge >= 0.3 is 0 Å². The highest BCUT2D eigenvalue weighted by atomic mass is 79.9. The second-order valence-electron chi connectivity index (χ2n) is 4.73. The van der Waals surface area contributed by atoms with E-state index in [2.05, 4.69) is 44.5 Å². The van der Waals surface area contributed by atoms with Crippen molar-refractivity contribution in [1.82, 2.24) is 20.3 Å². The standard InChI is InChI=1S/C14H18BrClN4/c1-4-8-17-12(13-14(15)18-19-20(13)3)10-6-5-7-11(16)9(10)2/h5-7,12,17H,4,8H2,1-3H3. The Morgan fingerprint density at radius 2 is 2.20 bits per heavy atom. The van der Waals surface area contributed by atoms with E-state index in [1.165, 1.54) is 0 Å². The summed E-state index contributed by atoms with van der Waals surface area (Å²) >= 11 is 9.74. The molecular formula is C14H18BrClN4. The average molecular weight is 358 g/mol. The van der Waals surface area contributed by atoms with E-state index in [1.807, 2.05) is 26.1 Å². The lowest BCUT2D eigenvalue weighted by Crippen LogP contribution is -2.26. The Morgan fingerprint density at radius 3 is 2.80 bits per heavy atom. The highest BCUT2D eigenvalue weighted by Gasteiger charge is 2.23. The zero-order valence-electron chi connectivity index (χ0n) is 11.8. The molecule has 0 bridgehead atoms. The molecule has 0 aliphatic heterocycles. The van der Waals surface area contributed by atoms with Crippen molar-refractivity contribution in [3.05, 3.63) is 44.6 Å². The molecule has 4 nitrogen and oxygen atoms in total. The minimum Gasteiger partial charge on any atom is -0.305 e. The fourth-order valence-corrected chi connectivity index (χ4v) is 2.96. The third-order valence-corrected chi connectivity index (χ3v) is 4.29. The van der Waals surface area contributed by atoms with E-state index in [1.54, 1.807) is 4.68 Å². The number of halogens is 2. The van der Waals surface area contributed by atoms with Crippen molar-refractivity contribution in [2.45, 2.75) is 26.3 Å². The predicted octanol–water partition coefficient (Wildman–Crippen LogP) is 3.63. The third-order valence-electron chi connectivity index (χ3n) is 3.32. The molecule has 0 aliphatic rings. The molecule has 6 heteroatoms. The van der Waals surface area contributed by atoms with Gasteiger partial charge in [0.25, 0.3) is 0 Å². The van der Waals surface area contributed by atoms with Crippen molar-refractivity contribution in [3.63, 3.8) is 0 Å². The first kappa shape index (κ1) is 15.5. The van der Waals surface area contributed by atoms with Crippen LogP contribution in [0, 0.1) is 6.92 Å². The average Bonchev–Trinajstić information content (AvgIpc) is 2.75. The molecule has 0 fully saturated rings. The summed E-state index contributed by atoms with van der Waals surface area (Å²) in [4.78, 5) is 0. The molecule has 1 N–H and O–H groups in total. The zero-order chi connectivity index (χ0) is 14.7. The van der Waals surface area contributed by atoms with Gasteiger partial charge in [0.05, 0.1) is 11.7 Å². The third kappa shape index (κ3) is 3.05. The summed E-state index contributed by atoms with van der Waals surface area (Å²) in [6, 6.07) is 5.99. The van der Waals surface area contributed by atoms with Crippen LogP contribution in [0.25, 0.3) is 0 Å². The molecule has 1 heterocycles. The summed E-state index contributed by atoms with van der Waals surface area (Å²) in [6.45, 7) is 5.09. The Kier molecular flexibility index (Phi) is 5.18. The normalized spacial score (nSPS) is 12.7. The minimum atomic E-state index is 0.0167. The van der Waals surface area contributed by atoms with Crippen LogP contribution in [0.5, 0.6) is 0 Å². The number of nitrogens with zero attached hydrogens (tertiary/aromatic N) is 3. The van der Waals surface area contributed by atoms with E-state index in [9.17, 15) is 0 Å². The fraction of sp³-hybridized carbons (Fsp3) is 0.429. The number of nitrogens with one attached hydrogen (secondary N) is 1. The molecule has 1 atom stereocenters. The molecule has 0 spiro atoms.